The zero-order valence-electron chi connectivity index (χ0n) is 26.5. The standard InChI is InChI=1S/C45H29N3Se/c49-42-34(23-12-24-40(42)45-47-43(29-13-3-1-4-14-29)46-44(48-45)30-15-5-2-6-16-30)33-18-11-17-31(27-33)32-25-26-39-37-21-8-7-19-35(37)36-20-9-10-22-38(36)41(39)28-32/h1-28,49H. The molecule has 0 aliphatic carbocycles. The van der Waals surface area contributed by atoms with Crippen LogP contribution in [0.15, 0.2) is 170 Å². The van der Waals surface area contributed by atoms with E-state index >= 15 is 0 Å². The third-order valence-electron chi connectivity index (χ3n) is 9.23. The Morgan fingerprint density at radius 1 is 0.286 bits per heavy atom. The van der Waals surface area contributed by atoms with Gasteiger partial charge < -0.3 is 0 Å². The van der Waals surface area contributed by atoms with Gasteiger partial charge in [-0.15, -0.1) is 0 Å². The van der Waals surface area contributed by atoms with E-state index in [0.29, 0.717) is 17.5 Å². The average molecular weight is 691 g/mol. The predicted molar refractivity (Wildman–Crippen MR) is 206 cm³/mol. The first-order valence-electron chi connectivity index (χ1n) is 16.3. The SMILES string of the molecule is [SeH]c1c(-c2cccc(-c3ccc4c5ccccc5c5ccccc5c4c3)c2)cccc1-c1nc(-c2ccccc2)nc(-c2ccccc2)n1. The second-order valence-electron chi connectivity index (χ2n) is 12.2. The third-order valence-corrected chi connectivity index (χ3v) is 10.2. The molecule has 0 bridgehead atoms. The van der Waals surface area contributed by atoms with Crippen LogP contribution in [-0.2, 0) is 0 Å². The Labute approximate surface area is 292 Å². The molecule has 230 valence electrons. The maximum absolute atomic E-state index is 5.00. The van der Waals surface area contributed by atoms with Gasteiger partial charge in [0.05, 0.1) is 0 Å². The Hall–Kier alpha value is -5.93. The molecule has 9 rings (SSSR count). The third kappa shape index (κ3) is 5.28. The molecule has 0 aliphatic rings. The summed E-state index contributed by atoms with van der Waals surface area (Å²) in [6.07, 6.45) is 0. The van der Waals surface area contributed by atoms with E-state index in [1.165, 1.54) is 43.4 Å². The summed E-state index contributed by atoms with van der Waals surface area (Å²) in [5.41, 5.74) is 7.50. The topological polar surface area (TPSA) is 38.7 Å². The first-order valence-corrected chi connectivity index (χ1v) is 17.3. The van der Waals surface area contributed by atoms with E-state index in [1.54, 1.807) is 0 Å². The van der Waals surface area contributed by atoms with Crippen LogP contribution in [0.25, 0.3) is 88.7 Å². The first kappa shape index (κ1) is 29.2. The van der Waals surface area contributed by atoms with Crippen LogP contribution in [0.4, 0.5) is 0 Å². The zero-order valence-corrected chi connectivity index (χ0v) is 28.3. The Balaban J connectivity index is 1.16. The molecule has 3 nitrogen and oxygen atoms in total. The number of hydrogen-bond donors (Lipinski definition) is 0. The van der Waals surface area contributed by atoms with Crippen molar-refractivity contribution in [3.05, 3.63) is 170 Å². The van der Waals surface area contributed by atoms with Gasteiger partial charge in [-0.05, 0) is 0 Å². The summed E-state index contributed by atoms with van der Waals surface area (Å²) in [4.78, 5) is 14.9. The summed E-state index contributed by atoms with van der Waals surface area (Å²) in [5, 5.41) is 7.68. The van der Waals surface area contributed by atoms with Crippen molar-refractivity contribution >= 4 is 52.8 Å². The van der Waals surface area contributed by atoms with Crippen LogP contribution in [0.5, 0.6) is 0 Å². The van der Waals surface area contributed by atoms with Gasteiger partial charge in [-0.3, -0.25) is 0 Å². The van der Waals surface area contributed by atoms with E-state index in [1.807, 2.05) is 60.7 Å². The fraction of sp³-hybridized carbons (Fsp3) is 0. The summed E-state index contributed by atoms with van der Waals surface area (Å²) >= 11 is 2.77. The molecule has 0 spiro atoms. The molecule has 0 saturated heterocycles. The molecule has 1 aromatic heterocycles. The predicted octanol–water partition coefficient (Wildman–Crippen LogP) is 10.2. The zero-order chi connectivity index (χ0) is 32.7. The number of hydrogen-bond acceptors (Lipinski definition) is 3. The average Bonchev–Trinajstić information content (AvgIpc) is 3.18. The van der Waals surface area contributed by atoms with Gasteiger partial charge in [-0.2, -0.15) is 0 Å². The minimum absolute atomic E-state index is 0.648. The second kappa shape index (κ2) is 12.3. The van der Waals surface area contributed by atoms with Crippen molar-refractivity contribution in [2.75, 3.05) is 0 Å². The van der Waals surface area contributed by atoms with Crippen LogP contribution in [-0.4, -0.2) is 31.0 Å². The normalized spacial score (nSPS) is 11.4. The van der Waals surface area contributed by atoms with E-state index < -0.39 is 0 Å². The summed E-state index contributed by atoms with van der Waals surface area (Å²) in [5.74, 6) is 1.95. The van der Waals surface area contributed by atoms with Crippen LogP contribution in [0, 0.1) is 0 Å². The van der Waals surface area contributed by atoms with E-state index in [4.69, 9.17) is 15.0 Å². The Bertz CT molecular complexity index is 2580. The molecule has 0 amide bonds. The van der Waals surface area contributed by atoms with Crippen molar-refractivity contribution in [1.82, 2.24) is 15.0 Å². The summed E-state index contributed by atoms with van der Waals surface area (Å²) in [6, 6.07) is 59.7. The molecule has 1 heterocycles. The molecular formula is C45H29N3Se. The molecule has 0 atom stereocenters. The number of fused-ring (bicyclic) bond motifs is 6. The molecule has 8 aromatic carbocycles. The molecule has 0 unspecified atom stereocenters. The number of nitrogens with zero attached hydrogens (tertiary/aromatic N) is 3. The molecule has 9 aromatic rings. The van der Waals surface area contributed by atoms with Crippen LogP contribution >= 0.6 is 0 Å². The van der Waals surface area contributed by atoms with Gasteiger partial charge in [0.15, 0.2) is 0 Å². The molecule has 49 heavy (non-hydrogen) atoms. The first-order chi connectivity index (χ1) is 24.2. The van der Waals surface area contributed by atoms with E-state index in [2.05, 4.69) is 125 Å². The van der Waals surface area contributed by atoms with Gasteiger partial charge in [0.1, 0.15) is 0 Å². The van der Waals surface area contributed by atoms with Gasteiger partial charge >= 0.3 is 288 Å². The van der Waals surface area contributed by atoms with Crippen LogP contribution in [0.2, 0.25) is 0 Å². The van der Waals surface area contributed by atoms with Gasteiger partial charge in [0.2, 0.25) is 0 Å². The van der Waals surface area contributed by atoms with Crippen molar-refractivity contribution in [2.24, 2.45) is 0 Å². The Morgan fingerprint density at radius 2 is 0.714 bits per heavy atom. The van der Waals surface area contributed by atoms with Gasteiger partial charge in [-0.25, -0.2) is 0 Å². The molecule has 0 N–H and O–H groups in total. The summed E-state index contributed by atoms with van der Waals surface area (Å²) < 4.78 is 1.06. The molecule has 0 radical (unpaired) electrons. The fourth-order valence-electron chi connectivity index (χ4n) is 6.84. The van der Waals surface area contributed by atoms with Crippen molar-refractivity contribution in [1.29, 1.82) is 0 Å². The molecule has 0 fully saturated rings. The van der Waals surface area contributed by atoms with Gasteiger partial charge in [0.25, 0.3) is 0 Å². The molecule has 4 heteroatoms. The molecular weight excluding hydrogens is 661 g/mol. The van der Waals surface area contributed by atoms with Crippen LogP contribution in [0.3, 0.4) is 0 Å². The van der Waals surface area contributed by atoms with Crippen molar-refractivity contribution < 1.29 is 0 Å². The van der Waals surface area contributed by atoms with E-state index in [9.17, 15) is 0 Å². The van der Waals surface area contributed by atoms with Crippen LogP contribution in [0.1, 0.15) is 0 Å². The number of benzene rings is 8. The van der Waals surface area contributed by atoms with E-state index in [-0.39, 0.29) is 0 Å². The van der Waals surface area contributed by atoms with E-state index in [0.717, 1.165) is 32.3 Å². The monoisotopic (exact) mass is 691 g/mol. The Morgan fingerprint density at radius 3 is 1.33 bits per heavy atom. The summed E-state index contributed by atoms with van der Waals surface area (Å²) in [7, 11) is 0. The fourth-order valence-corrected chi connectivity index (χ4v) is 7.63. The van der Waals surface area contributed by atoms with Crippen molar-refractivity contribution in [3.63, 3.8) is 0 Å². The van der Waals surface area contributed by atoms with Crippen molar-refractivity contribution in [3.8, 4) is 56.4 Å². The Kier molecular flexibility index (Phi) is 7.31. The summed E-state index contributed by atoms with van der Waals surface area (Å²) in [6.45, 7) is 0. The van der Waals surface area contributed by atoms with Gasteiger partial charge in [0, 0.05) is 0 Å². The molecule has 0 saturated carbocycles. The number of aromatic nitrogens is 3. The van der Waals surface area contributed by atoms with Gasteiger partial charge in [-0.1, -0.05) is 6.07 Å². The second-order valence-corrected chi connectivity index (χ2v) is 13.1. The maximum atomic E-state index is 5.00. The number of rotatable bonds is 5. The van der Waals surface area contributed by atoms with Crippen molar-refractivity contribution in [2.45, 2.75) is 0 Å². The van der Waals surface area contributed by atoms with Crippen LogP contribution < -0.4 is 4.46 Å². The molecule has 0 aliphatic heterocycles. The minimum atomic E-state index is 0.648. The quantitative estimate of drug-likeness (QED) is 0.133.